The van der Waals surface area contributed by atoms with Gasteiger partial charge in [-0.15, -0.1) is 0 Å². The van der Waals surface area contributed by atoms with Crippen molar-refractivity contribution in [3.05, 3.63) is 11.2 Å². The Bertz CT molecular complexity index is 425. The number of amides is 1. The van der Waals surface area contributed by atoms with Crippen LogP contribution in [0.1, 0.15) is 12.8 Å². The summed E-state index contributed by atoms with van der Waals surface area (Å²) in [5, 5.41) is 6.77. The molecule has 1 aliphatic carbocycles. The van der Waals surface area contributed by atoms with E-state index in [9.17, 15) is 4.79 Å². The number of anilines is 1. The molecule has 2 N–H and O–H groups in total. The quantitative estimate of drug-likeness (QED) is 0.484. The second kappa shape index (κ2) is 5.55. The maximum absolute atomic E-state index is 11.5. The van der Waals surface area contributed by atoms with E-state index in [1.165, 1.54) is 11.8 Å². The van der Waals surface area contributed by atoms with Crippen molar-refractivity contribution in [2.24, 2.45) is 0 Å². The largest absolute Gasteiger partial charge is 0.361 e. The molecule has 0 atom stereocenters. The van der Waals surface area contributed by atoms with Gasteiger partial charge in [-0.2, -0.15) is 0 Å². The van der Waals surface area contributed by atoms with Gasteiger partial charge in [-0.25, -0.2) is 9.97 Å². The monoisotopic (exact) mass is 272 g/mol. The summed E-state index contributed by atoms with van der Waals surface area (Å²) in [5.74, 6) is 0.549. The molecular weight excluding hydrogens is 260 g/mol. The van der Waals surface area contributed by atoms with E-state index in [2.05, 4.69) is 20.6 Å². The zero-order chi connectivity index (χ0) is 12.3. The summed E-state index contributed by atoms with van der Waals surface area (Å²) in [6, 6.07) is 1.98. The summed E-state index contributed by atoms with van der Waals surface area (Å²) in [6.45, 7) is 0.206. The van der Waals surface area contributed by atoms with Crippen molar-refractivity contribution >= 4 is 35.1 Å². The van der Waals surface area contributed by atoms with E-state index in [4.69, 9.17) is 11.6 Å². The summed E-state index contributed by atoms with van der Waals surface area (Å²) >= 11 is 7.24. The maximum Gasteiger partial charge on any atom is 0.239 e. The third-order valence-electron chi connectivity index (χ3n) is 2.23. The first kappa shape index (κ1) is 12.4. The highest BCUT2D eigenvalue weighted by molar-refractivity contribution is 7.98. The first-order chi connectivity index (χ1) is 8.17. The summed E-state index contributed by atoms with van der Waals surface area (Å²) in [6.07, 6.45) is 4.04. The van der Waals surface area contributed by atoms with Gasteiger partial charge in [0.15, 0.2) is 5.16 Å². The molecule has 1 amide bonds. The van der Waals surface area contributed by atoms with Gasteiger partial charge in [0.1, 0.15) is 11.0 Å². The third-order valence-corrected chi connectivity index (χ3v) is 2.97. The molecule has 17 heavy (non-hydrogen) atoms. The van der Waals surface area contributed by atoms with E-state index in [-0.39, 0.29) is 12.5 Å². The van der Waals surface area contributed by atoms with Crippen molar-refractivity contribution in [2.45, 2.75) is 24.0 Å². The zero-order valence-corrected chi connectivity index (χ0v) is 10.9. The Morgan fingerprint density at radius 2 is 2.35 bits per heavy atom. The lowest BCUT2D eigenvalue weighted by Crippen LogP contribution is -2.31. The van der Waals surface area contributed by atoms with E-state index in [1.807, 2.05) is 6.26 Å². The lowest BCUT2D eigenvalue weighted by atomic mass is 10.5. The zero-order valence-electron chi connectivity index (χ0n) is 9.36. The summed E-state index contributed by atoms with van der Waals surface area (Å²) in [7, 11) is 0. The summed E-state index contributed by atoms with van der Waals surface area (Å²) < 4.78 is 0. The normalized spacial score (nSPS) is 14.5. The van der Waals surface area contributed by atoms with Crippen LogP contribution in [0.25, 0.3) is 0 Å². The average Bonchev–Trinajstić information content (AvgIpc) is 3.09. The van der Waals surface area contributed by atoms with Crippen LogP contribution in [0.4, 0.5) is 5.82 Å². The van der Waals surface area contributed by atoms with Gasteiger partial charge in [-0.3, -0.25) is 4.79 Å². The molecule has 7 heteroatoms. The van der Waals surface area contributed by atoms with Crippen LogP contribution in [0.3, 0.4) is 0 Å². The van der Waals surface area contributed by atoms with Crippen LogP contribution in [0.15, 0.2) is 11.2 Å². The molecule has 1 heterocycles. The fourth-order valence-corrected chi connectivity index (χ4v) is 1.87. The van der Waals surface area contributed by atoms with Crippen LogP contribution in [-0.4, -0.2) is 34.7 Å². The highest BCUT2D eigenvalue weighted by atomic mass is 35.5. The van der Waals surface area contributed by atoms with E-state index >= 15 is 0 Å². The van der Waals surface area contributed by atoms with E-state index < -0.39 is 0 Å². The number of thioether (sulfide) groups is 1. The number of carbonyl (C=O) groups is 1. The Labute approximate surface area is 109 Å². The van der Waals surface area contributed by atoms with E-state index in [0.717, 1.165) is 12.8 Å². The minimum Gasteiger partial charge on any atom is -0.361 e. The molecule has 1 saturated carbocycles. The van der Waals surface area contributed by atoms with Crippen molar-refractivity contribution in [2.75, 3.05) is 18.1 Å². The number of hydrogen-bond donors (Lipinski definition) is 2. The van der Waals surface area contributed by atoms with Crippen LogP contribution < -0.4 is 10.6 Å². The molecule has 2 rings (SSSR count). The SMILES string of the molecule is CSc1nc(Cl)cc(NCC(=O)NC2CC2)n1. The molecule has 0 saturated heterocycles. The predicted octanol–water partition coefficient (Wildman–Crippen LogP) is 1.54. The number of halogens is 1. The summed E-state index contributed by atoms with van der Waals surface area (Å²) in [5.41, 5.74) is 0. The molecule has 0 radical (unpaired) electrons. The average molecular weight is 273 g/mol. The number of aromatic nitrogens is 2. The molecule has 5 nitrogen and oxygen atoms in total. The predicted molar refractivity (Wildman–Crippen MR) is 68.5 cm³/mol. The minimum atomic E-state index is -0.0204. The van der Waals surface area contributed by atoms with Gasteiger partial charge < -0.3 is 10.6 Å². The first-order valence-electron chi connectivity index (χ1n) is 5.29. The van der Waals surface area contributed by atoms with Gasteiger partial charge in [0.05, 0.1) is 6.54 Å². The van der Waals surface area contributed by atoms with Crippen molar-refractivity contribution in [1.29, 1.82) is 0 Å². The molecule has 1 fully saturated rings. The fourth-order valence-electron chi connectivity index (χ4n) is 1.26. The van der Waals surface area contributed by atoms with Gasteiger partial charge in [-0.05, 0) is 19.1 Å². The molecule has 0 bridgehead atoms. The number of hydrogen-bond acceptors (Lipinski definition) is 5. The lowest BCUT2D eigenvalue weighted by molar-refractivity contribution is -0.119. The first-order valence-corrected chi connectivity index (χ1v) is 6.89. The Balaban J connectivity index is 1.88. The molecular formula is C10H13ClN4OS. The molecule has 1 aromatic rings. The smallest absolute Gasteiger partial charge is 0.239 e. The molecule has 0 spiro atoms. The Morgan fingerprint density at radius 3 is 3.00 bits per heavy atom. The minimum absolute atomic E-state index is 0.0204. The number of carbonyl (C=O) groups excluding carboxylic acids is 1. The Hall–Kier alpha value is -1.01. The topological polar surface area (TPSA) is 66.9 Å². The summed E-state index contributed by atoms with van der Waals surface area (Å²) in [4.78, 5) is 19.7. The van der Waals surface area contributed by atoms with Crippen LogP contribution in [0, 0.1) is 0 Å². The van der Waals surface area contributed by atoms with Crippen LogP contribution in [-0.2, 0) is 4.79 Å². The van der Waals surface area contributed by atoms with E-state index in [0.29, 0.717) is 22.2 Å². The Kier molecular flexibility index (Phi) is 4.06. The second-order valence-corrected chi connectivity index (χ2v) is 4.92. The molecule has 0 aromatic carbocycles. The molecule has 1 aliphatic rings. The number of nitrogens with one attached hydrogen (secondary N) is 2. The van der Waals surface area contributed by atoms with Crippen molar-refractivity contribution < 1.29 is 4.79 Å². The number of nitrogens with zero attached hydrogens (tertiary/aromatic N) is 2. The molecule has 0 aliphatic heterocycles. The highest BCUT2D eigenvalue weighted by Crippen LogP contribution is 2.19. The lowest BCUT2D eigenvalue weighted by Gasteiger charge is -2.07. The van der Waals surface area contributed by atoms with Gasteiger partial charge >= 0.3 is 0 Å². The number of rotatable bonds is 5. The van der Waals surface area contributed by atoms with E-state index in [1.54, 1.807) is 6.07 Å². The van der Waals surface area contributed by atoms with Gasteiger partial charge in [-0.1, -0.05) is 23.4 Å². The van der Waals surface area contributed by atoms with Crippen molar-refractivity contribution in [3.8, 4) is 0 Å². The third kappa shape index (κ3) is 4.05. The van der Waals surface area contributed by atoms with Crippen LogP contribution in [0.2, 0.25) is 5.15 Å². The van der Waals surface area contributed by atoms with Crippen molar-refractivity contribution in [1.82, 2.24) is 15.3 Å². The maximum atomic E-state index is 11.5. The molecule has 0 unspecified atom stereocenters. The van der Waals surface area contributed by atoms with Gasteiger partial charge in [0, 0.05) is 12.1 Å². The van der Waals surface area contributed by atoms with Gasteiger partial charge in [0.2, 0.25) is 5.91 Å². The van der Waals surface area contributed by atoms with Gasteiger partial charge in [0.25, 0.3) is 0 Å². The highest BCUT2D eigenvalue weighted by Gasteiger charge is 2.22. The standard InChI is InChI=1S/C10H13ClN4OS/c1-17-10-14-7(11)4-8(15-10)12-5-9(16)13-6-2-3-6/h4,6H,2-3,5H2,1H3,(H,13,16)(H,12,14,15). The van der Waals surface area contributed by atoms with Crippen molar-refractivity contribution in [3.63, 3.8) is 0 Å². The fraction of sp³-hybridized carbons (Fsp3) is 0.500. The second-order valence-electron chi connectivity index (χ2n) is 3.76. The Morgan fingerprint density at radius 1 is 1.59 bits per heavy atom. The molecule has 92 valence electrons. The molecule has 1 aromatic heterocycles. The van der Waals surface area contributed by atoms with Crippen LogP contribution in [0.5, 0.6) is 0 Å². The van der Waals surface area contributed by atoms with Crippen LogP contribution >= 0.6 is 23.4 Å².